The predicted octanol–water partition coefficient (Wildman–Crippen LogP) is 6.74. The number of amides is 1. The summed E-state index contributed by atoms with van der Waals surface area (Å²) < 4.78 is 32.7. The lowest BCUT2D eigenvalue weighted by molar-refractivity contribution is -0.155. The molecule has 0 aliphatic rings. The Hall–Kier alpha value is -3.88. The number of carbonyl (C=O) groups excluding carboxylic acids is 2. The first kappa shape index (κ1) is 31.6. The number of benzene rings is 2. The topological polar surface area (TPSA) is 91.7 Å². The molecule has 0 fully saturated rings. The Balaban J connectivity index is 2.05. The van der Waals surface area contributed by atoms with Crippen LogP contribution in [0.4, 0.5) is 4.39 Å². The molecule has 1 atom stereocenters. The van der Waals surface area contributed by atoms with E-state index >= 15 is 0 Å². The molecule has 222 valence electrons. The maximum absolute atomic E-state index is 13.8. The molecule has 1 unspecified atom stereocenters. The molecular weight excluding hydrogens is 525 g/mol. The van der Waals surface area contributed by atoms with Crippen LogP contribution in [-0.4, -0.2) is 47.0 Å². The minimum atomic E-state index is -0.627. The van der Waals surface area contributed by atoms with Crippen LogP contribution in [0.5, 0.6) is 11.5 Å². The Morgan fingerprint density at radius 1 is 1.07 bits per heavy atom. The summed E-state index contributed by atoms with van der Waals surface area (Å²) in [7, 11) is 1.56. The standard InChI is InChI=1S/C32H42FN3O5/c1-8-9-17-40-28-12-10-11-27(39-7)30(28)26-20-25(35-36(26)24-15-13-22(33)14-16-24)31(38)34-23(18-21(2)3)19-29(37)41-32(4,5)6/h10-16,20-21,23H,8-9,17-19H2,1-7H3,(H,34,38). The first-order chi connectivity index (χ1) is 19.4. The highest BCUT2D eigenvalue weighted by Crippen LogP contribution is 2.40. The van der Waals surface area contributed by atoms with Crippen molar-refractivity contribution in [3.05, 3.63) is 60.0 Å². The smallest absolute Gasteiger partial charge is 0.308 e. The highest BCUT2D eigenvalue weighted by atomic mass is 19.1. The van der Waals surface area contributed by atoms with Crippen molar-refractivity contribution in [1.82, 2.24) is 15.1 Å². The number of halogens is 1. The van der Waals surface area contributed by atoms with Gasteiger partial charge in [0.2, 0.25) is 0 Å². The fourth-order valence-electron chi connectivity index (χ4n) is 4.44. The Morgan fingerprint density at radius 2 is 1.76 bits per heavy atom. The van der Waals surface area contributed by atoms with E-state index in [0.717, 1.165) is 12.8 Å². The van der Waals surface area contributed by atoms with Crippen LogP contribution < -0.4 is 14.8 Å². The molecule has 3 aromatic rings. The first-order valence-electron chi connectivity index (χ1n) is 14.1. The van der Waals surface area contributed by atoms with E-state index in [2.05, 4.69) is 17.3 Å². The van der Waals surface area contributed by atoms with Gasteiger partial charge in [0.1, 0.15) is 22.9 Å². The van der Waals surface area contributed by atoms with Gasteiger partial charge in [0, 0.05) is 6.04 Å². The largest absolute Gasteiger partial charge is 0.496 e. The van der Waals surface area contributed by atoms with E-state index in [0.29, 0.717) is 41.5 Å². The lowest BCUT2D eigenvalue weighted by Gasteiger charge is -2.23. The number of methoxy groups -OCH3 is 1. The van der Waals surface area contributed by atoms with Gasteiger partial charge < -0.3 is 19.5 Å². The molecule has 41 heavy (non-hydrogen) atoms. The van der Waals surface area contributed by atoms with Crippen molar-refractivity contribution in [2.45, 2.75) is 78.9 Å². The first-order valence-corrected chi connectivity index (χ1v) is 14.1. The Bertz CT molecular complexity index is 1310. The molecule has 9 heteroatoms. The highest BCUT2D eigenvalue weighted by Gasteiger charge is 2.26. The van der Waals surface area contributed by atoms with Gasteiger partial charge in [-0.05, 0) is 82.0 Å². The number of carbonyl (C=O) groups is 2. The number of rotatable bonds is 13. The average molecular weight is 568 g/mol. The molecule has 0 bridgehead atoms. The van der Waals surface area contributed by atoms with Gasteiger partial charge in [0.05, 0.1) is 37.1 Å². The number of esters is 1. The summed E-state index contributed by atoms with van der Waals surface area (Å²) in [6, 6.07) is 12.5. The maximum Gasteiger partial charge on any atom is 0.308 e. The van der Waals surface area contributed by atoms with Crippen molar-refractivity contribution in [1.29, 1.82) is 0 Å². The molecule has 1 aromatic heterocycles. The van der Waals surface area contributed by atoms with Crippen molar-refractivity contribution in [2.75, 3.05) is 13.7 Å². The summed E-state index contributed by atoms with van der Waals surface area (Å²) in [6.45, 7) is 12.1. The van der Waals surface area contributed by atoms with Crippen LogP contribution in [0.2, 0.25) is 0 Å². The summed E-state index contributed by atoms with van der Waals surface area (Å²) in [5.41, 5.74) is 1.22. The summed E-state index contributed by atoms with van der Waals surface area (Å²) in [4.78, 5) is 26.2. The van der Waals surface area contributed by atoms with E-state index in [1.807, 2.05) is 52.8 Å². The van der Waals surface area contributed by atoms with E-state index < -0.39 is 17.6 Å². The van der Waals surface area contributed by atoms with Gasteiger partial charge in [-0.1, -0.05) is 33.3 Å². The van der Waals surface area contributed by atoms with Crippen molar-refractivity contribution in [2.24, 2.45) is 5.92 Å². The Kier molecular flexibility index (Phi) is 10.9. The zero-order chi connectivity index (χ0) is 30.2. The minimum absolute atomic E-state index is 0.0364. The molecule has 0 saturated heterocycles. The van der Waals surface area contributed by atoms with Crippen molar-refractivity contribution >= 4 is 11.9 Å². The zero-order valence-corrected chi connectivity index (χ0v) is 25.1. The number of hydrogen-bond donors (Lipinski definition) is 1. The molecule has 2 aromatic carbocycles. The Morgan fingerprint density at radius 3 is 2.37 bits per heavy atom. The van der Waals surface area contributed by atoms with E-state index in [-0.39, 0.29) is 29.8 Å². The van der Waals surface area contributed by atoms with Gasteiger partial charge in [-0.15, -0.1) is 0 Å². The lowest BCUT2D eigenvalue weighted by atomic mass is 10.0. The molecule has 3 rings (SSSR count). The van der Waals surface area contributed by atoms with Crippen LogP contribution in [0.25, 0.3) is 16.9 Å². The molecule has 0 aliphatic carbocycles. The number of nitrogens with one attached hydrogen (secondary N) is 1. The van der Waals surface area contributed by atoms with Gasteiger partial charge in [-0.25, -0.2) is 9.07 Å². The third-order valence-electron chi connectivity index (χ3n) is 6.16. The minimum Gasteiger partial charge on any atom is -0.496 e. The van der Waals surface area contributed by atoms with Crippen LogP contribution in [0, 0.1) is 11.7 Å². The summed E-state index contributed by atoms with van der Waals surface area (Å²) in [6.07, 6.45) is 2.46. The fraction of sp³-hybridized carbons (Fsp3) is 0.469. The molecule has 0 spiro atoms. The quantitative estimate of drug-likeness (QED) is 0.182. The molecular formula is C32H42FN3O5. The van der Waals surface area contributed by atoms with Gasteiger partial charge in [0.15, 0.2) is 5.69 Å². The second-order valence-electron chi connectivity index (χ2n) is 11.4. The molecule has 1 amide bonds. The zero-order valence-electron chi connectivity index (χ0n) is 25.1. The van der Waals surface area contributed by atoms with Crippen molar-refractivity contribution in [3.8, 4) is 28.4 Å². The van der Waals surface area contributed by atoms with Gasteiger partial charge >= 0.3 is 5.97 Å². The molecule has 0 saturated carbocycles. The summed E-state index contributed by atoms with van der Waals surface area (Å²) >= 11 is 0. The summed E-state index contributed by atoms with van der Waals surface area (Å²) in [5, 5.41) is 7.61. The third kappa shape index (κ3) is 9.06. The van der Waals surface area contributed by atoms with E-state index in [1.54, 1.807) is 30.0 Å². The summed E-state index contributed by atoms with van der Waals surface area (Å²) in [5.74, 6) is 0.132. The van der Waals surface area contributed by atoms with Gasteiger partial charge in [-0.3, -0.25) is 9.59 Å². The maximum atomic E-state index is 13.8. The molecule has 1 heterocycles. The van der Waals surface area contributed by atoms with Gasteiger partial charge in [0.25, 0.3) is 5.91 Å². The van der Waals surface area contributed by atoms with Crippen LogP contribution >= 0.6 is 0 Å². The second-order valence-corrected chi connectivity index (χ2v) is 11.4. The van der Waals surface area contributed by atoms with E-state index in [4.69, 9.17) is 14.2 Å². The number of hydrogen-bond acceptors (Lipinski definition) is 6. The predicted molar refractivity (Wildman–Crippen MR) is 157 cm³/mol. The van der Waals surface area contributed by atoms with E-state index in [1.165, 1.54) is 12.1 Å². The highest BCUT2D eigenvalue weighted by molar-refractivity contribution is 5.94. The number of unbranched alkanes of at least 4 members (excludes halogenated alkanes) is 1. The van der Waals surface area contributed by atoms with Crippen LogP contribution in [0.3, 0.4) is 0 Å². The number of nitrogens with zero attached hydrogens (tertiary/aromatic N) is 2. The third-order valence-corrected chi connectivity index (χ3v) is 6.16. The van der Waals surface area contributed by atoms with E-state index in [9.17, 15) is 14.0 Å². The number of ether oxygens (including phenoxy) is 3. The van der Waals surface area contributed by atoms with Crippen LogP contribution in [0.15, 0.2) is 48.5 Å². The average Bonchev–Trinajstić information content (AvgIpc) is 3.32. The van der Waals surface area contributed by atoms with Crippen LogP contribution in [0.1, 0.15) is 77.7 Å². The lowest BCUT2D eigenvalue weighted by Crippen LogP contribution is -2.39. The molecule has 0 aliphatic heterocycles. The second kappa shape index (κ2) is 14.1. The van der Waals surface area contributed by atoms with Crippen molar-refractivity contribution < 1.29 is 28.2 Å². The van der Waals surface area contributed by atoms with Gasteiger partial charge in [-0.2, -0.15) is 5.10 Å². The molecule has 8 nitrogen and oxygen atoms in total. The van der Waals surface area contributed by atoms with Crippen molar-refractivity contribution in [3.63, 3.8) is 0 Å². The Labute approximate surface area is 242 Å². The monoisotopic (exact) mass is 567 g/mol. The SMILES string of the molecule is CCCCOc1cccc(OC)c1-c1cc(C(=O)NC(CC(=O)OC(C)(C)C)CC(C)C)nn1-c1ccc(F)cc1. The molecule has 0 radical (unpaired) electrons. The van der Waals surface area contributed by atoms with Crippen LogP contribution in [-0.2, 0) is 9.53 Å². The number of aromatic nitrogens is 2. The fourth-order valence-corrected chi connectivity index (χ4v) is 4.44. The normalized spacial score (nSPS) is 12.2. The molecule has 1 N–H and O–H groups in total.